The average molecular weight is 352 g/mol. The number of benzene rings is 2. The summed E-state index contributed by atoms with van der Waals surface area (Å²) in [5, 5.41) is 3.52. The van der Waals surface area contributed by atoms with Crippen LogP contribution in [0.2, 0.25) is 10.0 Å². The fraction of sp³-hybridized carbons (Fsp3) is 0.176. The molecule has 0 aliphatic carbocycles. The van der Waals surface area contributed by atoms with Crippen LogP contribution < -0.4 is 5.32 Å². The summed E-state index contributed by atoms with van der Waals surface area (Å²) in [4.78, 5) is 24.0. The highest BCUT2D eigenvalue weighted by Gasteiger charge is 2.20. The van der Waals surface area contributed by atoms with E-state index in [9.17, 15) is 9.59 Å². The number of carbonyl (C=O) groups excluding carboxylic acids is 2. The number of amides is 1. The van der Waals surface area contributed by atoms with Gasteiger partial charge in [0.1, 0.15) is 0 Å². The molecule has 1 amide bonds. The number of halogens is 2. The summed E-state index contributed by atoms with van der Waals surface area (Å²) in [5.74, 6) is -1.05. The van der Waals surface area contributed by atoms with Crippen molar-refractivity contribution in [2.75, 3.05) is 0 Å². The summed E-state index contributed by atoms with van der Waals surface area (Å²) in [5.41, 5.74) is 1.01. The lowest BCUT2D eigenvalue weighted by molar-refractivity contribution is -0.129. The Labute approximate surface area is 144 Å². The molecular weight excluding hydrogens is 337 g/mol. The minimum absolute atomic E-state index is 0.222. The van der Waals surface area contributed by atoms with Crippen molar-refractivity contribution in [2.45, 2.75) is 19.6 Å². The van der Waals surface area contributed by atoms with Crippen molar-refractivity contribution in [3.8, 4) is 0 Å². The predicted octanol–water partition coefficient (Wildman–Crippen LogP) is 3.86. The number of nitrogens with one attached hydrogen (secondary N) is 1. The minimum Gasteiger partial charge on any atom is -0.449 e. The van der Waals surface area contributed by atoms with E-state index >= 15 is 0 Å². The van der Waals surface area contributed by atoms with E-state index in [0.717, 1.165) is 5.56 Å². The van der Waals surface area contributed by atoms with Gasteiger partial charge < -0.3 is 10.1 Å². The van der Waals surface area contributed by atoms with Crippen molar-refractivity contribution in [2.24, 2.45) is 0 Å². The Morgan fingerprint density at radius 1 is 1.04 bits per heavy atom. The van der Waals surface area contributed by atoms with Crippen molar-refractivity contribution >= 4 is 35.1 Å². The van der Waals surface area contributed by atoms with Crippen molar-refractivity contribution in [1.29, 1.82) is 0 Å². The van der Waals surface area contributed by atoms with E-state index in [0.29, 0.717) is 5.02 Å². The highest BCUT2D eigenvalue weighted by atomic mass is 35.5. The second kappa shape index (κ2) is 7.99. The van der Waals surface area contributed by atoms with Gasteiger partial charge in [0.15, 0.2) is 6.10 Å². The molecule has 4 nitrogen and oxygen atoms in total. The molecule has 0 spiro atoms. The molecule has 1 atom stereocenters. The van der Waals surface area contributed by atoms with Crippen LogP contribution in [0.3, 0.4) is 0 Å². The van der Waals surface area contributed by atoms with Gasteiger partial charge in [-0.1, -0.05) is 53.5 Å². The molecule has 0 radical (unpaired) electrons. The molecule has 2 aromatic carbocycles. The van der Waals surface area contributed by atoms with Gasteiger partial charge >= 0.3 is 5.97 Å². The lowest BCUT2D eigenvalue weighted by Gasteiger charge is -2.14. The van der Waals surface area contributed by atoms with Gasteiger partial charge in [0.25, 0.3) is 5.91 Å². The van der Waals surface area contributed by atoms with Crippen LogP contribution in [0.1, 0.15) is 22.8 Å². The van der Waals surface area contributed by atoms with E-state index in [4.69, 9.17) is 27.9 Å². The summed E-state index contributed by atoms with van der Waals surface area (Å²) in [7, 11) is 0. The predicted molar refractivity (Wildman–Crippen MR) is 89.6 cm³/mol. The van der Waals surface area contributed by atoms with Crippen molar-refractivity contribution in [3.05, 3.63) is 69.7 Å². The SMILES string of the molecule is CC(OC(=O)c1ccccc1Cl)C(=O)NCc1ccccc1Cl. The van der Waals surface area contributed by atoms with Gasteiger partial charge in [-0.05, 0) is 30.7 Å². The fourth-order valence-electron chi connectivity index (χ4n) is 1.87. The molecule has 1 N–H and O–H groups in total. The molecule has 23 heavy (non-hydrogen) atoms. The van der Waals surface area contributed by atoms with Gasteiger partial charge in [0.2, 0.25) is 0 Å². The van der Waals surface area contributed by atoms with E-state index < -0.39 is 18.0 Å². The molecule has 0 heterocycles. The van der Waals surface area contributed by atoms with Crippen LogP contribution in [0.4, 0.5) is 0 Å². The molecule has 2 rings (SSSR count). The van der Waals surface area contributed by atoms with Gasteiger partial charge in [-0.3, -0.25) is 4.79 Å². The Morgan fingerprint density at radius 2 is 1.65 bits per heavy atom. The van der Waals surface area contributed by atoms with Crippen LogP contribution in [-0.2, 0) is 16.1 Å². The average Bonchev–Trinajstić information content (AvgIpc) is 2.54. The third-order valence-corrected chi connectivity index (χ3v) is 3.86. The normalized spacial score (nSPS) is 11.6. The van der Waals surface area contributed by atoms with Crippen LogP contribution in [-0.4, -0.2) is 18.0 Å². The van der Waals surface area contributed by atoms with Crippen LogP contribution in [0.25, 0.3) is 0 Å². The second-order valence-corrected chi connectivity index (χ2v) is 5.65. The molecule has 0 aliphatic rings. The Bertz CT molecular complexity index is 718. The Morgan fingerprint density at radius 3 is 2.30 bits per heavy atom. The monoisotopic (exact) mass is 351 g/mol. The first kappa shape index (κ1) is 17.3. The zero-order chi connectivity index (χ0) is 16.8. The number of rotatable bonds is 5. The topological polar surface area (TPSA) is 55.4 Å². The quantitative estimate of drug-likeness (QED) is 0.832. The molecule has 1 unspecified atom stereocenters. The minimum atomic E-state index is -0.943. The summed E-state index contributed by atoms with van der Waals surface area (Å²) in [6.45, 7) is 1.75. The first-order valence-electron chi connectivity index (χ1n) is 6.95. The van der Waals surface area contributed by atoms with E-state index in [1.165, 1.54) is 6.92 Å². The first-order valence-corrected chi connectivity index (χ1v) is 7.71. The van der Waals surface area contributed by atoms with E-state index in [-0.39, 0.29) is 17.1 Å². The summed E-state index contributed by atoms with van der Waals surface area (Å²) in [6.07, 6.45) is -0.943. The third kappa shape index (κ3) is 4.71. The molecule has 0 fully saturated rings. The van der Waals surface area contributed by atoms with Gasteiger partial charge in [0, 0.05) is 11.6 Å². The Kier molecular flexibility index (Phi) is 6.02. The molecule has 0 saturated carbocycles. The lowest BCUT2D eigenvalue weighted by atomic mass is 10.2. The first-order chi connectivity index (χ1) is 11.0. The Hall–Kier alpha value is -2.04. The zero-order valence-corrected chi connectivity index (χ0v) is 13.9. The standard InChI is InChI=1S/C17H15Cl2NO3/c1-11(23-17(22)13-7-3-5-9-15(13)19)16(21)20-10-12-6-2-4-8-14(12)18/h2-9,11H,10H2,1H3,(H,20,21). The summed E-state index contributed by atoms with van der Waals surface area (Å²) >= 11 is 11.9. The molecule has 0 aliphatic heterocycles. The maximum Gasteiger partial charge on any atom is 0.340 e. The van der Waals surface area contributed by atoms with Crippen molar-refractivity contribution < 1.29 is 14.3 Å². The number of carbonyl (C=O) groups is 2. The van der Waals surface area contributed by atoms with Gasteiger partial charge in [0.05, 0.1) is 10.6 Å². The number of hydrogen-bond acceptors (Lipinski definition) is 3. The summed E-state index contributed by atoms with van der Waals surface area (Å²) < 4.78 is 5.13. The van der Waals surface area contributed by atoms with Gasteiger partial charge in [-0.15, -0.1) is 0 Å². The third-order valence-electron chi connectivity index (χ3n) is 3.16. The fourth-order valence-corrected chi connectivity index (χ4v) is 2.29. The molecule has 120 valence electrons. The highest BCUT2D eigenvalue weighted by Crippen LogP contribution is 2.17. The smallest absolute Gasteiger partial charge is 0.340 e. The number of esters is 1. The molecule has 6 heteroatoms. The second-order valence-electron chi connectivity index (χ2n) is 4.84. The van der Waals surface area contributed by atoms with E-state index in [2.05, 4.69) is 5.32 Å². The molecular formula is C17H15Cl2NO3. The van der Waals surface area contributed by atoms with Crippen LogP contribution in [0.5, 0.6) is 0 Å². The van der Waals surface area contributed by atoms with Crippen LogP contribution >= 0.6 is 23.2 Å². The highest BCUT2D eigenvalue weighted by molar-refractivity contribution is 6.33. The van der Waals surface area contributed by atoms with E-state index in [1.807, 2.05) is 18.2 Å². The molecule has 0 saturated heterocycles. The molecule has 2 aromatic rings. The number of ether oxygens (including phenoxy) is 1. The maximum atomic E-state index is 12.0. The lowest BCUT2D eigenvalue weighted by Crippen LogP contribution is -2.35. The largest absolute Gasteiger partial charge is 0.449 e. The number of hydrogen-bond donors (Lipinski definition) is 1. The van der Waals surface area contributed by atoms with Crippen LogP contribution in [0.15, 0.2) is 48.5 Å². The van der Waals surface area contributed by atoms with Gasteiger partial charge in [-0.25, -0.2) is 4.79 Å². The van der Waals surface area contributed by atoms with Crippen molar-refractivity contribution in [1.82, 2.24) is 5.32 Å². The molecule has 0 aromatic heterocycles. The Balaban J connectivity index is 1.91. The van der Waals surface area contributed by atoms with Crippen LogP contribution in [0, 0.1) is 0 Å². The molecule has 0 bridgehead atoms. The van der Waals surface area contributed by atoms with E-state index in [1.54, 1.807) is 30.3 Å². The summed E-state index contributed by atoms with van der Waals surface area (Å²) in [6, 6.07) is 13.7. The van der Waals surface area contributed by atoms with Gasteiger partial charge in [-0.2, -0.15) is 0 Å². The maximum absolute atomic E-state index is 12.0. The zero-order valence-electron chi connectivity index (χ0n) is 12.4. The van der Waals surface area contributed by atoms with Crippen molar-refractivity contribution in [3.63, 3.8) is 0 Å².